The molecule has 1 aliphatic rings. The molecule has 0 radical (unpaired) electrons. The molecule has 1 amide bonds. The number of ether oxygens (including phenoxy) is 1. The van der Waals surface area contributed by atoms with Crippen LogP contribution in [0.4, 0.5) is 0 Å². The molecule has 0 bridgehead atoms. The molecule has 0 aliphatic carbocycles. The first kappa shape index (κ1) is 22.9. The van der Waals surface area contributed by atoms with Gasteiger partial charge in [-0.2, -0.15) is 0 Å². The Morgan fingerprint density at radius 2 is 1.71 bits per heavy atom. The van der Waals surface area contributed by atoms with Gasteiger partial charge < -0.3 is 14.1 Å². The Morgan fingerprint density at radius 3 is 2.51 bits per heavy atom. The second-order valence-corrected chi connectivity index (χ2v) is 9.41. The monoisotopic (exact) mass is 467 g/mol. The molecular formula is C30H29NO4. The number of para-hydroxylation sites is 1. The Labute approximate surface area is 205 Å². The number of hydrogen-bond acceptors (Lipinski definition) is 4. The molecule has 0 spiro atoms. The van der Waals surface area contributed by atoms with E-state index in [9.17, 15) is 9.59 Å². The van der Waals surface area contributed by atoms with E-state index in [0.29, 0.717) is 42.0 Å². The number of nitrogens with zero attached hydrogens (tertiary/aromatic N) is 1. The topological polar surface area (TPSA) is 59.8 Å². The zero-order valence-corrected chi connectivity index (χ0v) is 20.1. The lowest BCUT2D eigenvalue weighted by atomic mass is 9.98. The molecule has 1 aromatic heterocycles. The van der Waals surface area contributed by atoms with Crippen molar-refractivity contribution in [2.24, 2.45) is 5.92 Å². The molecule has 5 nitrogen and oxygen atoms in total. The van der Waals surface area contributed by atoms with Crippen LogP contribution >= 0.6 is 0 Å². The maximum absolute atomic E-state index is 13.6. The molecule has 1 atom stereocenters. The number of hydrogen-bond donors (Lipinski definition) is 0. The van der Waals surface area contributed by atoms with Crippen molar-refractivity contribution in [1.82, 2.24) is 4.90 Å². The fourth-order valence-corrected chi connectivity index (χ4v) is 4.63. The van der Waals surface area contributed by atoms with E-state index >= 15 is 0 Å². The lowest BCUT2D eigenvalue weighted by Gasteiger charge is -2.25. The molecule has 5 heteroatoms. The Bertz CT molecular complexity index is 1410. The lowest BCUT2D eigenvalue weighted by Crippen LogP contribution is -2.31. The highest BCUT2D eigenvalue weighted by Gasteiger charge is 2.42. The van der Waals surface area contributed by atoms with Crippen molar-refractivity contribution >= 4 is 16.9 Å². The Hall–Kier alpha value is -3.86. The van der Waals surface area contributed by atoms with E-state index in [-0.39, 0.29) is 17.1 Å². The van der Waals surface area contributed by atoms with Crippen LogP contribution in [0, 0.1) is 5.92 Å². The second kappa shape index (κ2) is 9.79. The summed E-state index contributed by atoms with van der Waals surface area (Å²) in [6, 6.07) is 24.3. The first-order chi connectivity index (χ1) is 17.0. The molecule has 4 aromatic rings. The number of carbonyl (C=O) groups excluding carboxylic acids is 1. The molecule has 5 rings (SSSR count). The highest BCUT2D eigenvalue weighted by molar-refractivity contribution is 5.99. The van der Waals surface area contributed by atoms with Gasteiger partial charge in [0, 0.05) is 6.54 Å². The summed E-state index contributed by atoms with van der Waals surface area (Å²) >= 11 is 0. The average Bonchev–Trinajstić information content (AvgIpc) is 3.15. The minimum atomic E-state index is -0.532. The minimum absolute atomic E-state index is 0.137. The van der Waals surface area contributed by atoms with E-state index in [1.165, 1.54) is 0 Å². The number of amides is 1. The van der Waals surface area contributed by atoms with Crippen LogP contribution in [-0.2, 0) is 6.42 Å². The average molecular weight is 468 g/mol. The molecule has 3 aromatic carbocycles. The van der Waals surface area contributed by atoms with Gasteiger partial charge >= 0.3 is 0 Å². The van der Waals surface area contributed by atoms with Crippen molar-refractivity contribution in [3.8, 4) is 5.75 Å². The van der Waals surface area contributed by atoms with Gasteiger partial charge in [0.05, 0.1) is 23.6 Å². The maximum atomic E-state index is 13.6. The van der Waals surface area contributed by atoms with Gasteiger partial charge in [-0.25, -0.2) is 0 Å². The Balaban J connectivity index is 1.56. The standard InChI is InChI=1S/C30H29NO4/c1-20(2)16-18-34-23-12-8-11-22(19-23)27-26-28(32)24-13-6-7-14-25(24)35-29(26)30(33)31(27)17-15-21-9-4-3-5-10-21/h3-14,19-20,27H,15-18H2,1-2H3. The largest absolute Gasteiger partial charge is 0.494 e. The van der Waals surface area contributed by atoms with Crippen LogP contribution in [-0.4, -0.2) is 24.0 Å². The van der Waals surface area contributed by atoms with Gasteiger partial charge in [0.1, 0.15) is 11.3 Å². The molecule has 0 saturated heterocycles. The lowest BCUT2D eigenvalue weighted by molar-refractivity contribution is 0.0729. The van der Waals surface area contributed by atoms with Crippen LogP contribution in [0.5, 0.6) is 5.75 Å². The van der Waals surface area contributed by atoms with E-state index in [4.69, 9.17) is 9.15 Å². The van der Waals surface area contributed by atoms with Crippen molar-refractivity contribution in [1.29, 1.82) is 0 Å². The van der Waals surface area contributed by atoms with Crippen molar-refractivity contribution in [3.63, 3.8) is 0 Å². The first-order valence-corrected chi connectivity index (χ1v) is 12.2. The van der Waals surface area contributed by atoms with Crippen LogP contribution in [0.1, 0.15) is 53.6 Å². The van der Waals surface area contributed by atoms with Gasteiger partial charge in [-0.3, -0.25) is 9.59 Å². The zero-order valence-electron chi connectivity index (χ0n) is 20.1. The Morgan fingerprint density at radius 1 is 0.943 bits per heavy atom. The van der Waals surface area contributed by atoms with E-state index < -0.39 is 6.04 Å². The molecule has 2 heterocycles. The molecular weight excluding hydrogens is 438 g/mol. The number of carbonyl (C=O) groups is 1. The SMILES string of the molecule is CC(C)CCOc1cccc(C2c3c(oc4ccccc4c3=O)C(=O)N2CCc2ccccc2)c1. The van der Waals surface area contributed by atoms with Crippen LogP contribution in [0.2, 0.25) is 0 Å². The molecule has 178 valence electrons. The molecule has 1 unspecified atom stereocenters. The van der Waals surface area contributed by atoms with Crippen LogP contribution < -0.4 is 10.2 Å². The van der Waals surface area contributed by atoms with Gasteiger partial charge in [0.25, 0.3) is 5.91 Å². The summed E-state index contributed by atoms with van der Waals surface area (Å²) in [6.07, 6.45) is 1.63. The van der Waals surface area contributed by atoms with Gasteiger partial charge in [0.2, 0.25) is 5.76 Å². The number of benzene rings is 3. The number of fused-ring (bicyclic) bond motifs is 2. The highest BCUT2D eigenvalue weighted by atomic mass is 16.5. The summed E-state index contributed by atoms with van der Waals surface area (Å²) in [5.74, 6) is 1.16. The van der Waals surface area contributed by atoms with Crippen LogP contribution in [0.25, 0.3) is 11.0 Å². The molecule has 1 aliphatic heterocycles. The van der Waals surface area contributed by atoms with Gasteiger partial charge in [0.15, 0.2) is 5.43 Å². The van der Waals surface area contributed by atoms with Crippen molar-refractivity contribution in [2.75, 3.05) is 13.2 Å². The predicted molar refractivity (Wildman–Crippen MR) is 137 cm³/mol. The van der Waals surface area contributed by atoms with E-state index in [2.05, 4.69) is 13.8 Å². The summed E-state index contributed by atoms with van der Waals surface area (Å²) in [5, 5.41) is 0.485. The molecule has 0 fully saturated rings. The predicted octanol–water partition coefficient (Wildman–Crippen LogP) is 6.01. The van der Waals surface area contributed by atoms with Gasteiger partial charge in [-0.05, 0) is 54.2 Å². The minimum Gasteiger partial charge on any atom is -0.494 e. The van der Waals surface area contributed by atoms with Crippen molar-refractivity contribution in [3.05, 3.63) is 112 Å². The highest BCUT2D eigenvalue weighted by Crippen LogP contribution is 2.39. The summed E-state index contributed by atoms with van der Waals surface area (Å²) in [4.78, 5) is 29.0. The third kappa shape index (κ3) is 4.59. The third-order valence-electron chi connectivity index (χ3n) is 6.50. The second-order valence-electron chi connectivity index (χ2n) is 9.41. The van der Waals surface area contributed by atoms with E-state index in [1.54, 1.807) is 23.1 Å². The fraction of sp³-hybridized carbons (Fsp3) is 0.267. The van der Waals surface area contributed by atoms with Crippen molar-refractivity contribution < 1.29 is 13.9 Å². The summed E-state index contributed by atoms with van der Waals surface area (Å²) in [7, 11) is 0. The smallest absolute Gasteiger partial charge is 0.290 e. The first-order valence-electron chi connectivity index (χ1n) is 12.2. The quantitative estimate of drug-likeness (QED) is 0.319. The fourth-order valence-electron chi connectivity index (χ4n) is 4.63. The van der Waals surface area contributed by atoms with Gasteiger partial charge in [-0.15, -0.1) is 0 Å². The summed E-state index contributed by atoms with van der Waals surface area (Å²) < 4.78 is 12.0. The third-order valence-corrected chi connectivity index (χ3v) is 6.50. The van der Waals surface area contributed by atoms with Crippen LogP contribution in [0.15, 0.2) is 88.1 Å². The summed E-state index contributed by atoms with van der Waals surface area (Å²) in [6.45, 7) is 5.40. The maximum Gasteiger partial charge on any atom is 0.290 e. The van der Waals surface area contributed by atoms with E-state index in [1.807, 2.05) is 60.7 Å². The Kier molecular flexibility index (Phi) is 6.41. The van der Waals surface area contributed by atoms with Crippen molar-refractivity contribution in [2.45, 2.75) is 32.7 Å². The molecule has 0 saturated carbocycles. The normalized spacial score (nSPS) is 15.1. The van der Waals surface area contributed by atoms with Gasteiger partial charge in [-0.1, -0.05) is 68.4 Å². The number of rotatable bonds is 8. The summed E-state index contributed by atoms with van der Waals surface area (Å²) in [5.41, 5.74) is 2.65. The zero-order chi connectivity index (χ0) is 24.4. The molecule has 35 heavy (non-hydrogen) atoms. The van der Waals surface area contributed by atoms with E-state index in [0.717, 1.165) is 23.3 Å². The van der Waals surface area contributed by atoms with Crippen LogP contribution in [0.3, 0.4) is 0 Å². The molecule has 0 N–H and O–H groups in total.